The molecular weight excluding hydrogens is 258 g/mol. The van der Waals surface area contributed by atoms with E-state index in [-0.39, 0.29) is 5.91 Å². The fourth-order valence-electron chi connectivity index (χ4n) is 1.28. The van der Waals surface area contributed by atoms with Gasteiger partial charge in [0, 0.05) is 17.1 Å². The molecule has 1 amide bonds. The van der Waals surface area contributed by atoms with E-state index in [4.69, 9.17) is 4.74 Å². The maximum Gasteiger partial charge on any atom is 0.251 e. The lowest BCUT2D eigenvalue weighted by atomic mass is 10.2. The molecule has 0 saturated heterocycles. The first kappa shape index (κ1) is 10.5. The zero-order valence-corrected chi connectivity index (χ0v) is 10.0. The van der Waals surface area contributed by atoms with Crippen LogP contribution in [0.4, 0.5) is 0 Å². The molecule has 0 bridgehead atoms. The highest BCUT2D eigenvalue weighted by Gasteiger charge is 2.23. The summed E-state index contributed by atoms with van der Waals surface area (Å²) in [7, 11) is 1.62. The largest absolute Gasteiger partial charge is 0.490 e. The molecule has 1 aliphatic rings. The van der Waals surface area contributed by atoms with Gasteiger partial charge in [-0.05, 0) is 31.0 Å². The van der Waals surface area contributed by atoms with E-state index in [0.29, 0.717) is 11.7 Å². The number of benzene rings is 1. The topological polar surface area (TPSA) is 38.3 Å². The monoisotopic (exact) mass is 269 g/mol. The maximum absolute atomic E-state index is 11.4. The van der Waals surface area contributed by atoms with Crippen LogP contribution in [0.5, 0.6) is 5.75 Å². The Morgan fingerprint density at radius 3 is 2.80 bits per heavy atom. The van der Waals surface area contributed by atoms with Crippen molar-refractivity contribution in [3.63, 3.8) is 0 Å². The van der Waals surface area contributed by atoms with Crippen LogP contribution >= 0.6 is 15.9 Å². The van der Waals surface area contributed by atoms with Gasteiger partial charge in [-0.2, -0.15) is 0 Å². The summed E-state index contributed by atoms with van der Waals surface area (Å²) in [5.41, 5.74) is 0.613. The van der Waals surface area contributed by atoms with Crippen LogP contribution in [-0.2, 0) is 0 Å². The van der Waals surface area contributed by atoms with Gasteiger partial charge in [-0.15, -0.1) is 0 Å². The number of amides is 1. The van der Waals surface area contributed by atoms with Crippen molar-refractivity contribution in [3.05, 3.63) is 28.2 Å². The molecule has 0 heterocycles. The molecule has 1 fully saturated rings. The van der Waals surface area contributed by atoms with Gasteiger partial charge in [-0.25, -0.2) is 0 Å². The van der Waals surface area contributed by atoms with Crippen molar-refractivity contribution in [1.82, 2.24) is 5.32 Å². The van der Waals surface area contributed by atoms with Crippen LogP contribution in [0, 0.1) is 0 Å². The van der Waals surface area contributed by atoms with Gasteiger partial charge in [0.15, 0.2) is 0 Å². The Bertz CT molecular complexity index is 388. The van der Waals surface area contributed by atoms with Crippen LogP contribution in [0.1, 0.15) is 23.2 Å². The fraction of sp³-hybridized carbons (Fsp3) is 0.364. The van der Waals surface area contributed by atoms with Crippen molar-refractivity contribution in [3.8, 4) is 5.75 Å². The molecule has 0 aliphatic heterocycles. The molecule has 0 atom stereocenters. The molecule has 0 unspecified atom stereocenters. The molecule has 0 spiro atoms. The highest BCUT2D eigenvalue weighted by molar-refractivity contribution is 9.10. The average Bonchev–Trinajstić information content (AvgIpc) is 2.99. The Hall–Kier alpha value is -1.03. The summed E-state index contributed by atoms with van der Waals surface area (Å²) in [6, 6.07) is 5.42. The van der Waals surface area contributed by atoms with Crippen molar-refractivity contribution in [2.24, 2.45) is 0 Å². The van der Waals surface area contributed by atoms with Crippen molar-refractivity contribution in [2.75, 3.05) is 7.05 Å². The molecular formula is C11H12BrNO2. The van der Waals surface area contributed by atoms with Crippen LogP contribution in [-0.4, -0.2) is 19.1 Å². The second-order valence-corrected chi connectivity index (χ2v) is 4.49. The van der Waals surface area contributed by atoms with Crippen LogP contribution < -0.4 is 10.1 Å². The molecule has 1 aromatic carbocycles. The van der Waals surface area contributed by atoms with E-state index in [1.54, 1.807) is 19.2 Å². The second-order valence-electron chi connectivity index (χ2n) is 3.57. The molecule has 3 nitrogen and oxygen atoms in total. The standard InChI is InChI=1S/C11H12BrNO2/c1-13-11(14)7-4-8(12)6-10(5-7)15-9-2-3-9/h4-6,9H,2-3H2,1H3,(H,13,14). The first-order chi connectivity index (χ1) is 7.19. The Morgan fingerprint density at radius 2 is 2.20 bits per heavy atom. The van der Waals surface area contributed by atoms with Gasteiger partial charge in [0.05, 0.1) is 6.10 Å². The van der Waals surface area contributed by atoms with Gasteiger partial charge in [0.25, 0.3) is 5.91 Å². The Balaban J connectivity index is 2.22. The van der Waals surface area contributed by atoms with Crippen LogP contribution in [0.3, 0.4) is 0 Å². The minimum Gasteiger partial charge on any atom is -0.490 e. The van der Waals surface area contributed by atoms with Gasteiger partial charge in [0.1, 0.15) is 5.75 Å². The Morgan fingerprint density at radius 1 is 1.47 bits per heavy atom. The van der Waals surface area contributed by atoms with E-state index < -0.39 is 0 Å². The van der Waals surface area contributed by atoms with Crippen LogP contribution in [0.15, 0.2) is 22.7 Å². The number of carbonyl (C=O) groups excluding carboxylic acids is 1. The average molecular weight is 270 g/mol. The molecule has 1 N–H and O–H groups in total. The third-order valence-electron chi connectivity index (χ3n) is 2.19. The molecule has 1 saturated carbocycles. The predicted molar refractivity (Wildman–Crippen MR) is 61.2 cm³/mol. The van der Waals surface area contributed by atoms with Crippen LogP contribution in [0.2, 0.25) is 0 Å². The van der Waals surface area contributed by atoms with Crippen molar-refractivity contribution in [1.29, 1.82) is 0 Å². The van der Waals surface area contributed by atoms with E-state index in [1.807, 2.05) is 6.07 Å². The summed E-state index contributed by atoms with van der Waals surface area (Å²) >= 11 is 3.36. The van der Waals surface area contributed by atoms with Gasteiger partial charge in [-0.1, -0.05) is 15.9 Å². The lowest BCUT2D eigenvalue weighted by Crippen LogP contribution is -2.17. The van der Waals surface area contributed by atoms with E-state index in [1.165, 1.54) is 0 Å². The molecule has 15 heavy (non-hydrogen) atoms. The Kier molecular flexibility index (Phi) is 2.95. The number of ether oxygens (including phenoxy) is 1. The number of hydrogen-bond donors (Lipinski definition) is 1. The summed E-state index contributed by atoms with van der Waals surface area (Å²) < 4.78 is 6.49. The quantitative estimate of drug-likeness (QED) is 0.915. The molecule has 0 aromatic heterocycles. The minimum absolute atomic E-state index is 0.100. The third-order valence-corrected chi connectivity index (χ3v) is 2.65. The van der Waals surface area contributed by atoms with Crippen molar-refractivity contribution < 1.29 is 9.53 Å². The maximum atomic E-state index is 11.4. The highest BCUT2D eigenvalue weighted by atomic mass is 79.9. The van der Waals surface area contributed by atoms with Crippen LogP contribution in [0.25, 0.3) is 0 Å². The molecule has 1 aliphatic carbocycles. The molecule has 80 valence electrons. The van der Waals surface area contributed by atoms with Gasteiger partial charge >= 0.3 is 0 Å². The predicted octanol–water partition coefficient (Wildman–Crippen LogP) is 2.35. The number of halogens is 1. The second kappa shape index (κ2) is 4.23. The lowest BCUT2D eigenvalue weighted by molar-refractivity contribution is 0.0962. The highest BCUT2D eigenvalue weighted by Crippen LogP contribution is 2.29. The SMILES string of the molecule is CNC(=O)c1cc(Br)cc(OC2CC2)c1. The lowest BCUT2D eigenvalue weighted by Gasteiger charge is -2.07. The normalized spacial score (nSPS) is 14.8. The van der Waals surface area contributed by atoms with Gasteiger partial charge in [0.2, 0.25) is 0 Å². The van der Waals surface area contributed by atoms with Gasteiger partial charge in [-0.3, -0.25) is 4.79 Å². The molecule has 2 rings (SSSR count). The molecule has 4 heteroatoms. The molecule has 1 aromatic rings. The minimum atomic E-state index is -0.100. The molecule has 0 radical (unpaired) electrons. The van der Waals surface area contributed by atoms with E-state index in [2.05, 4.69) is 21.2 Å². The number of rotatable bonds is 3. The van der Waals surface area contributed by atoms with Crippen molar-refractivity contribution in [2.45, 2.75) is 18.9 Å². The first-order valence-corrected chi connectivity index (χ1v) is 5.67. The number of nitrogens with one attached hydrogen (secondary N) is 1. The summed E-state index contributed by atoms with van der Waals surface area (Å²) in [5.74, 6) is 0.655. The zero-order chi connectivity index (χ0) is 10.8. The summed E-state index contributed by atoms with van der Waals surface area (Å²) in [5, 5.41) is 2.59. The summed E-state index contributed by atoms with van der Waals surface area (Å²) in [6.07, 6.45) is 2.57. The van der Waals surface area contributed by atoms with E-state index in [9.17, 15) is 4.79 Å². The zero-order valence-electron chi connectivity index (χ0n) is 8.42. The summed E-state index contributed by atoms with van der Waals surface area (Å²) in [6.45, 7) is 0. The van der Waals surface area contributed by atoms with Crippen molar-refractivity contribution >= 4 is 21.8 Å². The van der Waals surface area contributed by atoms with Gasteiger partial charge < -0.3 is 10.1 Å². The third kappa shape index (κ3) is 2.72. The van der Waals surface area contributed by atoms with E-state index >= 15 is 0 Å². The fourth-order valence-corrected chi connectivity index (χ4v) is 1.76. The smallest absolute Gasteiger partial charge is 0.251 e. The van der Waals surface area contributed by atoms with E-state index in [0.717, 1.165) is 23.1 Å². The Labute approximate surface area is 96.9 Å². The first-order valence-electron chi connectivity index (χ1n) is 4.88. The summed E-state index contributed by atoms with van der Waals surface area (Å²) in [4.78, 5) is 11.4. The number of carbonyl (C=O) groups is 1. The number of hydrogen-bond acceptors (Lipinski definition) is 2.